The Labute approximate surface area is 214 Å². The summed E-state index contributed by atoms with van der Waals surface area (Å²) in [6, 6.07) is 14.6. The smallest absolute Gasteiger partial charge is 0.329 e. The van der Waals surface area contributed by atoms with Gasteiger partial charge in [0, 0.05) is 31.8 Å². The van der Waals surface area contributed by atoms with E-state index in [-0.39, 0.29) is 12.5 Å². The van der Waals surface area contributed by atoms with Crippen LogP contribution in [0.15, 0.2) is 60.3 Å². The van der Waals surface area contributed by atoms with E-state index in [2.05, 4.69) is 9.88 Å². The molecule has 1 fully saturated rings. The normalized spacial score (nSPS) is 20.4. The second-order valence-corrected chi connectivity index (χ2v) is 12.5. The van der Waals surface area contributed by atoms with Crippen LogP contribution in [0, 0.1) is 5.92 Å². The number of rotatable bonds is 6. The molecule has 1 aromatic heterocycles. The Kier molecular flexibility index (Phi) is 6.27. The van der Waals surface area contributed by atoms with Gasteiger partial charge in [0.2, 0.25) is 0 Å². The van der Waals surface area contributed by atoms with Crippen molar-refractivity contribution in [3.8, 4) is 10.9 Å². The highest BCUT2D eigenvalue weighted by molar-refractivity contribution is 7.86. The van der Waals surface area contributed by atoms with Crippen LogP contribution in [-0.2, 0) is 26.3 Å². The number of fused-ring (bicyclic) bond motifs is 2. The summed E-state index contributed by atoms with van der Waals surface area (Å²) in [6.07, 6.45) is 1.87. The first-order chi connectivity index (χ1) is 17.0. The third-order valence-electron chi connectivity index (χ3n) is 6.01. The lowest BCUT2D eigenvalue weighted by Gasteiger charge is -2.26. The minimum Gasteiger partial charge on any atom is -0.459 e. The zero-order valence-corrected chi connectivity index (χ0v) is 21.9. The van der Waals surface area contributed by atoms with Crippen LogP contribution in [0.2, 0.25) is 0 Å². The molecule has 0 spiro atoms. The van der Waals surface area contributed by atoms with E-state index in [1.165, 1.54) is 11.3 Å². The Bertz CT molecular complexity index is 1390. The number of hydrogen-bond donors (Lipinski definition) is 1. The molecule has 2 unspecified atom stereocenters. The minimum absolute atomic E-state index is 0.123. The molecular formula is C25H28N4O5S2. The van der Waals surface area contributed by atoms with Crippen LogP contribution < -0.4 is 9.88 Å². The average molecular weight is 529 g/mol. The first-order valence-corrected chi connectivity index (χ1v) is 13.9. The fourth-order valence-corrected chi connectivity index (χ4v) is 6.29. The highest BCUT2D eigenvalue weighted by Gasteiger charge is 2.50. The van der Waals surface area contributed by atoms with Gasteiger partial charge in [0.05, 0.1) is 10.2 Å². The first kappa shape index (κ1) is 24.7. The van der Waals surface area contributed by atoms with E-state index in [0.29, 0.717) is 29.6 Å². The van der Waals surface area contributed by atoms with Gasteiger partial charge in [-0.15, -0.1) is 0 Å². The molecule has 2 N–H and O–H groups in total. The van der Waals surface area contributed by atoms with Gasteiger partial charge < -0.3 is 14.4 Å². The molecule has 1 saturated heterocycles. The standard InChI is InChI=1S/C25H28N4O5S2/c1-25(2,3)34-23(30)22-19-15-28(13-17(19)14-29(22)36(26,31)32)12-16-8-10-18(11-9-16)33-24-27-20-6-4-5-7-21(20)35-24/h4-11,15,17,22H,12-14H2,1-3H3,(H2,26,31,32). The lowest BCUT2D eigenvalue weighted by Crippen LogP contribution is -2.47. The SMILES string of the molecule is CC(C)(C)OC(=O)C1C2=CN(Cc3ccc(Oc4nc5ccccc5s4)cc3)CC2CN1S(N)(=O)=O. The van der Waals surface area contributed by atoms with Crippen molar-refractivity contribution < 1.29 is 22.7 Å². The van der Waals surface area contributed by atoms with Crippen LogP contribution in [0.5, 0.6) is 10.9 Å². The van der Waals surface area contributed by atoms with Crippen LogP contribution in [0.4, 0.5) is 0 Å². The van der Waals surface area contributed by atoms with Crippen LogP contribution in [-0.4, -0.2) is 53.3 Å². The van der Waals surface area contributed by atoms with E-state index in [1.54, 1.807) is 20.8 Å². The van der Waals surface area contributed by atoms with Gasteiger partial charge >= 0.3 is 5.97 Å². The molecule has 0 amide bonds. The van der Waals surface area contributed by atoms with Gasteiger partial charge in [0.15, 0.2) is 0 Å². The number of nitrogens with zero attached hydrogens (tertiary/aromatic N) is 3. The van der Waals surface area contributed by atoms with E-state index in [0.717, 1.165) is 20.1 Å². The molecule has 0 saturated carbocycles. The highest BCUT2D eigenvalue weighted by atomic mass is 32.2. The Balaban J connectivity index is 1.28. The van der Waals surface area contributed by atoms with Gasteiger partial charge in [-0.05, 0) is 56.2 Å². The van der Waals surface area contributed by atoms with Crippen molar-refractivity contribution >= 4 is 37.7 Å². The molecule has 3 heterocycles. The van der Waals surface area contributed by atoms with E-state index in [1.807, 2.05) is 54.7 Å². The topological polar surface area (TPSA) is 115 Å². The van der Waals surface area contributed by atoms with Crippen molar-refractivity contribution in [2.24, 2.45) is 11.1 Å². The third kappa shape index (κ3) is 5.24. The predicted molar refractivity (Wildman–Crippen MR) is 138 cm³/mol. The molecule has 36 heavy (non-hydrogen) atoms. The number of para-hydroxylation sites is 1. The van der Waals surface area contributed by atoms with Crippen molar-refractivity contribution in [3.05, 3.63) is 65.9 Å². The monoisotopic (exact) mass is 528 g/mol. The molecule has 2 aliphatic heterocycles. The van der Waals surface area contributed by atoms with Crippen molar-refractivity contribution in [1.29, 1.82) is 0 Å². The van der Waals surface area contributed by atoms with E-state index < -0.39 is 27.8 Å². The molecule has 3 aromatic rings. The number of carbonyl (C=O) groups is 1. The predicted octanol–water partition coefficient (Wildman–Crippen LogP) is 3.63. The Morgan fingerprint density at radius 1 is 1.14 bits per heavy atom. The molecule has 0 radical (unpaired) electrons. The Hall–Kier alpha value is -2.99. The quantitative estimate of drug-likeness (QED) is 0.486. The summed E-state index contributed by atoms with van der Waals surface area (Å²) in [5.74, 6) is -0.0332. The van der Waals surface area contributed by atoms with Gasteiger partial charge in [-0.2, -0.15) is 12.7 Å². The fraction of sp³-hybridized carbons (Fsp3) is 0.360. The summed E-state index contributed by atoms with van der Waals surface area (Å²) in [6.45, 7) is 6.59. The maximum atomic E-state index is 12.9. The van der Waals surface area contributed by atoms with Crippen molar-refractivity contribution in [1.82, 2.24) is 14.2 Å². The summed E-state index contributed by atoms with van der Waals surface area (Å²) in [7, 11) is -4.06. The highest BCUT2D eigenvalue weighted by Crippen LogP contribution is 2.38. The summed E-state index contributed by atoms with van der Waals surface area (Å²) >= 11 is 1.50. The number of carbonyl (C=O) groups excluding carboxylic acids is 1. The molecule has 190 valence electrons. The number of esters is 1. The number of nitrogens with two attached hydrogens (primary N) is 1. The number of aromatic nitrogens is 1. The van der Waals surface area contributed by atoms with Crippen LogP contribution in [0.3, 0.4) is 0 Å². The second kappa shape index (κ2) is 9.15. The molecular weight excluding hydrogens is 500 g/mol. The van der Waals surface area contributed by atoms with Gasteiger partial charge in [0.25, 0.3) is 15.4 Å². The molecule has 2 atom stereocenters. The van der Waals surface area contributed by atoms with Crippen molar-refractivity contribution in [2.75, 3.05) is 13.1 Å². The van der Waals surface area contributed by atoms with E-state index in [4.69, 9.17) is 14.6 Å². The zero-order valence-electron chi connectivity index (χ0n) is 20.2. The van der Waals surface area contributed by atoms with Gasteiger partial charge in [-0.1, -0.05) is 35.6 Å². The van der Waals surface area contributed by atoms with Crippen LogP contribution in [0.1, 0.15) is 26.3 Å². The van der Waals surface area contributed by atoms with Crippen molar-refractivity contribution in [2.45, 2.75) is 39.0 Å². The Morgan fingerprint density at radius 3 is 2.53 bits per heavy atom. The van der Waals surface area contributed by atoms with Crippen LogP contribution in [0.25, 0.3) is 10.2 Å². The lowest BCUT2D eigenvalue weighted by atomic mass is 10.0. The maximum absolute atomic E-state index is 12.9. The second-order valence-electron chi connectivity index (χ2n) is 10.00. The van der Waals surface area contributed by atoms with Crippen LogP contribution >= 0.6 is 11.3 Å². The summed E-state index contributed by atoms with van der Waals surface area (Å²) < 4.78 is 37.9. The van der Waals surface area contributed by atoms with Gasteiger partial charge in [-0.25, -0.2) is 14.9 Å². The van der Waals surface area contributed by atoms with Gasteiger partial charge in [0.1, 0.15) is 17.4 Å². The molecule has 0 bridgehead atoms. The molecule has 0 aliphatic carbocycles. The number of ether oxygens (including phenoxy) is 2. The molecule has 5 rings (SSSR count). The zero-order chi connectivity index (χ0) is 25.7. The average Bonchev–Trinajstić information content (AvgIpc) is 3.45. The summed E-state index contributed by atoms with van der Waals surface area (Å²) in [5.41, 5.74) is 1.94. The fourth-order valence-electron chi connectivity index (χ4n) is 4.57. The largest absolute Gasteiger partial charge is 0.459 e. The van der Waals surface area contributed by atoms with E-state index >= 15 is 0 Å². The lowest BCUT2D eigenvalue weighted by molar-refractivity contribution is -0.157. The maximum Gasteiger partial charge on any atom is 0.329 e. The number of thiazole rings is 1. The minimum atomic E-state index is -4.06. The summed E-state index contributed by atoms with van der Waals surface area (Å²) in [5, 5.41) is 6.01. The number of benzene rings is 2. The molecule has 9 nitrogen and oxygen atoms in total. The van der Waals surface area contributed by atoms with Gasteiger partial charge in [-0.3, -0.25) is 0 Å². The molecule has 11 heteroatoms. The third-order valence-corrected chi connectivity index (χ3v) is 7.94. The molecule has 2 aliphatic rings. The number of hydrogen-bond acceptors (Lipinski definition) is 8. The first-order valence-electron chi connectivity index (χ1n) is 11.6. The molecule has 2 aromatic carbocycles. The van der Waals surface area contributed by atoms with E-state index in [9.17, 15) is 13.2 Å². The Morgan fingerprint density at radius 2 is 1.86 bits per heavy atom. The summed E-state index contributed by atoms with van der Waals surface area (Å²) in [4.78, 5) is 19.5. The van der Waals surface area contributed by atoms with Crippen molar-refractivity contribution in [3.63, 3.8) is 0 Å².